The SMILES string of the molecule is c1ccc(-c2ccc(C3=NC(c4ccc5c(sc6ccccc65)c4-n4c5ccccc5c5cc6ccccc6cc54)NC(c4cccc5ccccc45)=N3)cc2)cc1. The molecule has 11 aromatic rings. The molecular formula is C53H34N4S. The number of fused-ring (bicyclic) bond motifs is 8. The summed E-state index contributed by atoms with van der Waals surface area (Å²) in [4.78, 5) is 10.9. The van der Waals surface area contributed by atoms with Crippen molar-refractivity contribution >= 4 is 86.5 Å². The molecule has 5 heteroatoms. The zero-order chi connectivity index (χ0) is 38.2. The zero-order valence-electron chi connectivity index (χ0n) is 31.3. The van der Waals surface area contributed by atoms with Gasteiger partial charge in [-0.1, -0.05) is 170 Å². The first-order valence-corrected chi connectivity index (χ1v) is 20.5. The second-order valence-electron chi connectivity index (χ2n) is 15.0. The number of nitrogens with one attached hydrogen (secondary N) is 1. The smallest absolute Gasteiger partial charge is 0.159 e. The Morgan fingerprint density at radius 1 is 0.466 bits per heavy atom. The molecule has 12 rings (SSSR count). The van der Waals surface area contributed by atoms with Gasteiger partial charge in [0.2, 0.25) is 0 Å². The normalized spacial score (nSPS) is 14.4. The van der Waals surface area contributed by atoms with Crippen LogP contribution in [0.4, 0.5) is 0 Å². The van der Waals surface area contributed by atoms with Gasteiger partial charge in [-0.3, -0.25) is 0 Å². The number of nitrogens with zero attached hydrogens (tertiary/aromatic N) is 3. The molecule has 2 aromatic heterocycles. The van der Waals surface area contributed by atoms with Crippen molar-refractivity contribution in [2.24, 2.45) is 9.98 Å². The number of hydrogen-bond acceptors (Lipinski definition) is 4. The van der Waals surface area contributed by atoms with Gasteiger partial charge in [-0.15, -0.1) is 11.3 Å². The van der Waals surface area contributed by atoms with E-state index in [9.17, 15) is 0 Å². The molecule has 1 aliphatic heterocycles. The molecule has 0 bridgehead atoms. The second kappa shape index (κ2) is 13.1. The summed E-state index contributed by atoms with van der Waals surface area (Å²) in [7, 11) is 0. The van der Waals surface area contributed by atoms with Gasteiger partial charge in [-0.2, -0.15) is 0 Å². The van der Waals surface area contributed by atoms with Crippen LogP contribution in [0.25, 0.3) is 80.3 Å². The lowest BCUT2D eigenvalue weighted by Gasteiger charge is -2.27. The molecule has 0 radical (unpaired) electrons. The number of aromatic nitrogens is 1. The number of amidine groups is 2. The van der Waals surface area contributed by atoms with E-state index in [2.05, 4.69) is 204 Å². The van der Waals surface area contributed by atoms with Gasteiger partial charge >= 0.3 is 0 Å². The largest absolute Gasteiger partial charge is 0.344 e. The molecule has 1 N–H and O–H groups in total. The van der Waals surface area contributed by atoms with Crippen molar-refractivity contribution in [1.82, 2.24) is 9.88 Å². The van der Waals surface area contributed by atoms with E-state index >= 15 is 0 Å². The van der Waals surface area contributed by atoms with Crippen molar-refractivity contribution in [3.8, 4) is 16.8 Å². The molecular weight excluding hydrogens is 725 g/mol. The van der Waals surface area contributed by atoms with Crippen LogP contribution in [-0.4, -0.2) is 16.2 Å². The summed E-state index contributed by atoms with van der Waals surface area (Å²) in [5.41, 5.74) is 8.91. The summed E-state index contributed by atoms with van der Waals surface area (Å²) in [6.45, 7) is 0. The summed E-state index contributed by atoms with van der Waals surface area (Å²) in [5, 5.41) is 13.6. The maximum atomic E-state index is 5.53. The number of rotatable bonds is 5. The second-order valence-corrected chi connectivity index (χ2v) is 16.0. The molecule has 58 heavy (non-hydrogen) atoms. The van der Waals surface area contributed by atoms with Crippen molar-refractivity contribution in [1.29, 1.82) is 0 Å². The summed E-state index contributed by atoms with van der Waals surface area (Å²) < 4.78 is 4.99. The Kier molecular flexibility index (Phi) is 7.43. The molecule has 1 unspecified atom stereocenters. The molecule has 0 saturated carbocycles. The van der Waals surface area contributed by atoms with Crippen molar-refractivity contribution in [3.05, 3.63) is 211 Å². The predicted octanol–water partition coefficient (Wildman–Crippen LogP) is 13.6. The first-order valence-electron chi connectivity index (χ1n) is 19.7. The summed E-state index contributed by atoms with van der Waals surface area (Å²) in [5.74, 6) is 1.50. The van der Waals surface area contributed by atoms with Gasteiger partial charge in [-0.05, 0) is 56.9 Å². The summed E-state index contributed by atoms with van der Waals surface area (Å²) >= 11 is 1.85. The molecule has 0 spiro atoms. The van der Waals surface area contributed by atoms with E-state index in [0.29, 0.717) is 5.84 Å². The Balaban J connectivity index is 1.14. The third-order valence-corrected chi connectivity index (χ3v) is 12.8. The zero-order valence-corrected chi connectivity index (χ0v) is 32.1. The van der Waals surface area contributed by atoms with Crippen molar-refractivity contribution in [3.63, 3.8) is 0 Å². The highest BCUT2D eigenvalue weighted by molar-refractivity contribution is 7.26. The minimum Gasteiger partial charge on any atom is -0.344 e. The minimum atomic E-state index is -0.448. The van der Waals surface area contributed by atoms with Crippen LogP contribution in [0, 0.1) is 0 Å². The lowest BCUT2D eigenvalue weighted by atomic mass is 10.0. The fraction of sp³-hybridized carbons (Fsp3) is 0.0189. The van der Waals surface area contributed by atoms with Gasteiger partial charge in [0.1, 0.15) is 12.0 Å². The van der Waals surface area contributed by atoms with E-state index in [0.717, 1.165) is 39.2 Å². The van der Waals surface area contributed by atoms with Crippen LogP contribution in [0.2, 0.25) is 0 Å². The molecule has 1 aliphatic rings. The lowest BCUT2D eigenvalue weighted by molar-refractivity contribution is 0.672. The molecule has 4 nitrogen and oxygen atoms in total. The van der Waals surface area contributed by atoms with Gasteiger partial charge in [0, 0.05) is 42.9 Å². The fourth-order valence-corrected chi connectivity index (χ4v) is 10.1. The van der Waals surface area contributed by atoms with Gasteiger partial charge in [0.15, 0.2) is 5.84 Å². The Labute approximate surface area is 338 Å². The number of thiophene rings is 1. The quantitative estimate of drug-likeness (QED) is 0.187. The lowest BCUT2D eigenvalue weighted by Crippen LogP contribution is -2.34. The highest BCUT2D eigenvalue weighted by Gasteiger charge is 2.28. The van der Waals surface area contributed by atoms with Gasteiger partial charge in [0.25, 0.3) is 0 Å². The van der Waals surface area contributed by atoms with Gasteiger partial charge < -0.3 is 9.88 Å². The van der Waals surface area contributed by atoms with Gasteiger partial charge in [-0.25, -0.2) is 9.98 Å². The minimum absolute atomic E-state index is 0.448. The summed E-state index contributed by atoms with van der Waals surface area (Å²) in [6.07, 6.45) is -0.448. The van der Waals surface area contributed by atoms with Crippen LogP contribution in [0.15, 0.2) is 204 Å². The molecule has 9 aromatic carbocycles. The Morgan fingerprint density at radius 2 is 1.12 bits per heavy atom. The maximum absolute atomic E-state index is 5.53. The van der Waals surface area contributed by atoms with E-state index < -0.39 is 6.17 Å². The third-order valence-electron chi connectivity index (χ3n) is 11.6. The summed E-state index contributed by atoms with van der Waals surface area (Å²) in [6, 6.07) is 69.7. The van der Waals surface area contributed by atoms with Crippen molar-refractivity contribution < 1.29 is 0 Å². The fourth-order valence-electron chi connectivity index (χ4n) is 8.89. The first-order chi connectivity index (χ1) is 28.7. The van der Waals surface area contributed by atoms with Crippen LogP contribution in [0.3, 0.4) is 0 Å². The number of hydrogen-bond donors (Lipinski definition) is 1. The third kappa shape index (κ3) is 5.21. The van der Waals surface area contributed by atoms with E-state index in [1.165, 1.54) is 63.7 Å². The van der Waals surface area contributed by atoms with Crippen molar-refractivity contribution in [2.75, 3.05) is 0 Å². The first kappa shape index (κ1) is 32.9. The van der Waals surface area contributed by atoms with E-state index in [4.69, 9.17) is 9.98 Å². The van der Waals surface area contributed by atoms with Crippen LogP contribution >= 0.6 is 11.3 Å². The molecule has 0 amide bonds. The maximum Gasteiger partial charge on any atom is 0.159 e. The van der Waals surface area contributed by atoms with Crippen LogP contribution in [0.1, 0.15) is 22.9 Å². The molecule has 1 atom stereocenters. The number of aliphatic imine (C=N–C) groups is 2. The molecule has 272 valence electrons. The highest BCUT2D eigenvalue weighted by Crippen LogP contribution is 2.45. The Bertz CT molecular complexity index is 3480. The highest BCUT2D eigenvalue weighted by atomic mass is 32.1. The number of benzene rings is 9. The standard InChI is InChI=1S/C53H34N4S/c1-2-13-33(14-3-1)34-25-27-36(28-26-34)51-54-52(43-22-12-18-35-15-6-7-19-39(35)43)56-53(55-51)44-30-29-42-41-21-9-11-24-48(41)58-50(42)49(44)57-46-23-10-8-20-40(46)45-31-37-16-4-5-17-38(37)32-47(45)57/h1-32,53H,(H,54,55,56). The van der Waals surface area contributed by atoms with Crippen LogP contribution < -0.4 is 5.32 Å². The number of para-hydroxylation sites is 1. The molecule has 0 saturated heterocycles. The molecule has 3 heterocycles. The van der Waals surface area contributed by atoms with E-state index in [1.807, 2.05) is 11.3 Å². The molecule has 0 aliphatic carbocycles. The van der Waals surface area contributed by atoms with Crippen molar-refractivity contribution in [2.45, 2.75) is 6.17 Å². The van der Waals surface area contributed by atoms with Crippen LogP contribution in [0.5, 0.6) is 0 Å². The van der Waals surface area contributed by atoms with E-state index in [-0.39, 0.29) is 0 Å². The van der Waals surface area contributed by atoms with Crippen LogP contribution in [-0.2, 0) is 0 Å². The molecule has 0 fully saturated rings. The monoisotopic (exact) mass is 758 g/mol. The average Bonchev–Trinajstić information content (AvgIpc) is 3.83. The Morgan fingerprint density at radius 3 is 1.97 bits per heavy atom. The predicted molar refractivity (Wildman–Crippen MR) is 246 cm³/mol. The van der Waals surface area contributed by atoms with Gasteiger partial charge in [0.05, 0.1) is 21.4 Å². The average molecular weight is 759 g/mol. The van der Waals surface area contributed by atoms with E-state index in [1.54, 1.807) is 0 Å². The topological polar surface area (TPSA) is 41.7 Å². The Hall–Kier alpha value is -7.34.